The van der Waals surface area contributed by atoms with Crippen LogP contribution in [0.15, 0.2) is 60.7 Å². The first kappa shape index (κ1) is 29.8. The molecule has 0 saturated heterocycles. The van der Waals surface area contributed by atoms with E-state index in [-0.39, 0.29) is 27.4 Å². The first-order valence-corrected chi connectivity index (χ1v) is 22.5. The second-order valence-electron chi connectivity index (χ2n) is 10.9. The summed E-state index contributed by atoms with van der Waals surface area (Å²) < 4.78 is 0.588. The Kier molecular flexibility index (Phi) is 11.5. The van der Waals surface area contributed by atoms with Gasteiger partial charge < -0.3 is 4.79 Å². The van der Waals surface area contributed by atoms with Crippen LogP contribution in [0.4, 0.5) is 0 Å². The maximum Gasteiger partial charge on any atom is 0.106 e. The van der Waals surface area contributed by atoms with E-state index in [4.69, 9.17) is 4.79 Å². The van der Waals surface area contributed by atoms with Crippen molar-refractivity contribution in [2.45, 2.75) is 63.2 Å². The SMILES string of the molecule is C=O.C[Si](C)(C)C(CP(c1ccccc1)c1ccccc1)([Si](C)(C)C)[Si](C)(C)C.[Rh]. The minimum atomic E-state index is -1.40. The van der Waals surface area contributed by atoms with Crippen molar-refractivity contribution in [1.82, 2.24) is 0 Å². The fourth-order valence-electron chi connectivity index (χ4n) is 5.87. The predicted molar refractivity (Wildman–Crippen MR) is 144 cm³/mol. The summed E-state index contributed by atoms with van der Waals surface area (Å²) in [6.45, 7) is 25.9. The standard InChI is InChI=1S/C23H39PSi3.CH2O.Rh/c1-25(2,3)23(26(4,5)6,27(7,8)9)20-24(21-16-12-10-13-17-21)22-18-14-11-15-19-22;1-2;/h10-19H,20H2,1-9H3;1H2;. The van der Waals surface area contributed by atoms with Crippen LogP contribution in [0.2, 0.25) is 63.2 Å². The quantitative estimate of drug-likeness (QED) is 0.269. The molecule has 1 radical (unpaired) electrons. The number of hydrogen-bond acceptors (Lipinski definition) is 1. The molecule has 0 atom stereocenters. The summed E-state index contributed by atoms with van der Waals surface area (Å²) >= 11 is 0. The smallest absolute Gasteiger partial charge is 0.106 e. The van der Waals surface area contributed by atoms with Gasteiger partial charge in [-0.15, -0.1) is 0 Å². The Morgan fingerprint density at radius 3 is 1.13 bits per heavy atom. The second kappa shape index (κ2) is 11.6. The first-order valence-electron chi connectivity index (χ1n) is 10.5. The summed E-state index contributed by atoms with van der Waals surface area (Å²) in [6.07, 6.45) is 1.39. The molecule has 0 aromatic heterocycles. The van der Waals surface area contributed by atoms with Gasteiger partial charge in [-0.05, 0) is 29.0 Å². The minimum absolute atomic E-state index is 0. The third-order valence-electron chi connectivity index (χ3n) is 6.37. The zero-order chi connectivity index (χ0) is 22.5. The van der Waals surface area contributed by atoms with Gasteiger partial charge >= 0.3 is 0 Å². The van der Waals surface area contributed by atoms with Crippen LogP contribution in [0.25, 0.3) is 0 Å². The molecule has 0 amide bonds. The summed E-state index contributed by atoms with van der Waals surface area (Å²) in [5.41, 5.74) is 0. The van der Waals surface area contributed by atoms with Crippen molar-refractivity contribution in [3.63, 3.8) is 0 Å². The second-order valence-corrected chi connectivity index (χ2v) is 30.7. The topological polar surface area (TPSA) is 17.1 Å². The number of benzene rings is 2. The fraction of sp³-hybridized carbons (Fsp3) is 0.458. The van der Waals surface area contributed by atoms with Crippen LogP contribution in [-0.4, -0.2) is 37.2 Å². The van der Waals surface area contributed by atoms with Gasteiger partial charge in [0.25, 0.3) is 0 Å². The molecule has 2 aromatic carbocycles. The van der Waals surface area contributed by atoms with Crippen molar-refractivity contribution in [1.29, 1.82) is 0 Å². The molecule has 169 valence electrons. The van der Waals surface area contributed by atoms with Crippen molar-refractivity contribution in [3.8, 4) is 0 Å². The van der Waals surface area contributed by atoms with Gasteiger partial charge in [0.2, 0.25) is 0 Å². The molecule has 0 aliphatic rings. The van der Waals surface area contributed by atoms with E-state index >= 15 is 0 Å². The van der Waals surface area contributed by atoms with Gasteiger partial charge in [0.1, 0.15) is 6.79 Å². The molecule has 0 N–H and O–H groups in total. The van der Waals surface area contributed by atoms with Gasteiger partial charge in [0.05, 0.1) is 0 Å². The maximum atomic E-state index is 8.00. The Morgan fingerprint density at radius 1 is 0.633 bits per heavy atom. The summed E-state index contributed by atoms with van der Waals surface area (Å²) in [6, 6.07) is 22.7. The van der Waals surface area contributed by atoms with Crippen LogP contribution < -0.4 is 10.6 Å². The van der Waals surface area contributed by atoms with Gasteiger partial charge in [0.15, 0.2) is 0 Å². The van der Waals surface area contributed by atoms with Crippen LogP contribution in [0.5, 0.6) is 0 Å². The van der Waals surface area contributed by atoms with Crippen molar-refractivity contribution < 1.29 is 24.3 Å². The molecular formula is C24H41OPRhSi3. The normalized spacial score (nSPS) is 12.6. The zero-order valence-electron chi connectivity index (χ0n) is 20.4. The predicted octanol–water partition coefficient (Wildman–Crippen LogP) is 6.77. The molecule has 6 heteroatoms. The van der Waals surface area contributed by atoms with E-state index in [0.29, 0.717) is 4.28 Å². The Morgan fingerprint density at radius 2 is 0.900 bits per heavy atom. The van der Waals surface area contributed by atoms with E-state index in [2.05, 4.69) is 120 Å². The average molecular weight is 564 g/mol. The van der Waals surface area contributed by atoms with Crippen LogP contribution in [0.3, 0.4) is 0 Å². The first-order chi connectivity index (χ1) is 13.3. The molecule has 0 aliphatic carbocycles. The molecule has 30 heavy (non-hydrogen) atoms. The Balaban J connectivity index is 0.00000272. The Labute approximate surface area is 203 Å². The Bertz CT molecular complexity index is 674. The van der Waals surface area contributed by atoms with Crippen molar-refractivity contribution >= 4 is 49.5 Å². The average Bonchev–Trinajstić information content (AvgIpc) is 2.62. The monoisotopic (exact) mass is 563 g/mol. The molecular weight excluding hydrogens is 522 g/mol. The maximum absolute atomic E-state index is 8.00. The summed E-state index contributed by atoms with van der Waals surface area (Å²) in [7, 11) is -4.52. The molecule has 0 heterocycles. The van der Waals surface area contributed by atoms with E-state index < -0.39 is 24.2 Å². The van der Waals surface area contributed by atoms with Crippen LogP contribution in [0.1, 0.15) is 0 Å². The van der Waals surface area contributed by atoms with Gasteiger partial charge in [0, 0.05) is 43.7 Å². The zero-order valence-corrected chi connectivity index (χ0v) is 25.9. The molecule has 0 fully saturated rings. The van der Waals surface area contributed by atoms with E-state index in [9.17, 15) is 0 Å². The molecule has 0 bridgehead atoms. The van der Waals surface area contributed by atoms with Crippen molar-refractivity contribution in [2.24, 2.45) is 0 Å². The summed E-state index contributed by atoms with van der Waals surface area (Å²) in [5, 5.41) is 3.11. The Hall–Kier alpha value is -0.186. The van der Waals surface area contributed by atoms with E-state index in [0.717, 1.165) is 0 Å². The number of hydrogen-bond donors (Lipinski definition) is 0. The molecule has 2 rings (SSSR count). The minimum Gasteiger partial charge on any atom is -0.307 e. The number of carbonyl (C=O) groups excluding carboxylic acids is 1. The van der Waals surface area contributed by atoms with Gasteiger partial charge in [-0.2, -0.15) is 0 Å². The van der Waals surface area contributed by atoms with Gasteiger partial charge in [-0.3, -0.25) is 0 Å². The largest absolute Gasteiger partial charge is 0.307 e. The van der Waals surface area contributed by atoms with E-state index in [1.54, 1.807) is 10.6 Å². The molecule has 0 unspecified atom stereocenters. The van der Waals surface area contributed by atoms with E-state index in [1.807, 2.05) is 6.79 Å². The van der Waals surface area contributed by atoms with Crippen LogP contribution in [0, 0.1) is 0 Å². The third kappa shape index (κ3) is 6.42. The van der Waals surface area contributed by atoms with E-state index in [1.165, 1.54) is 6.16 Å². The van der Waals surface area contributed by atoms with Crippen molar-refractivity contribution in [3.05, 3.63) is 60.7 Å². The molecule has 1 nitrogen and oxygen atoms in total. The molecule has 2 aromatic rings. The van der Waals surface area contributed by atoms with Crippen molar-refractivity contribution in [2.75, 3.05) is 6.16 Å². The number of carbonyl (C=O) groups is 1. The fourth-order valence-corrected chi connectivity index (χ4v) is 42.2. The van der Waals surface area contributed by atoms with Crippen LogP contribution >= 0.6 is 7.92 Å². The van der Waals surface area contributed by atoms with Gasteiger partial charge in [-0.1, -0.05) is 120 Å². The van der Waals surface area contributed by atoms with Gasteiger partial charge in [-0.25, -0.2) is 0 Å². The molecule has 0 aliphatic heterocycles. The number of rotatable bonds is 7. The summed E-state index contributed by atoms with van der Waals surface area (Å²) in [5.74, 6) is 0. The van der Waals surface area contributed by atoms with Crippen LogP contribution in [-0.2, 0) is 24.3 Å². The summed E-state index contributed by atoms with van der Waals surface area (Å²) in [4.78, 5) is 8.00. The molecule has 0 spiro atoms. The third-order valence-corrected chi connectivity index (χ3v) is 31.6. The molecule has 0 saturated carbocycles.